The molecule has 1 aliphatic heterocycles. The van der Waals surface area contributed by atoms with Crippen LogP contribution in [0.4, 0.5) is 0 Å². The van der Waals surface area contributed by atoms with Gasteiger partial charge in [0.1, 0.15) is 0 Å². The molecular formula is C20H24N2O. The van der Waals surface area contributed by atoms with Gasteiger partial charge < -0.3 is 4.90 Å². The second kappa shape index (κ2) is 7.53. The maximum atomic E-state index is 13.0. The Kier molecular flexibility index (Phi) is 5.21. The van der Waals surface area contributed by atoms with Gasteiger partial charge in [0.2, 0.25) is 0 Å². The van der Waals surface area contributed by atoms with Crippen molar-refractivity contribution in [2.24, 2.45) is 0 Å². The Labute approximate surface area is 138 Å². The van der Waals surface area contributed by atoms with E-state index in [4.69, 9.17) is 0 Å². The first-order valence-electron chi connectivity index (χ1n) is 8.29. The molecule has 0 radical (unpaired) electrons. The van der Waals surface area contributed by atoms with E-state index in [1.165, 1.54) is 0 Å². The van der Waals surface area contributed by atoms with E-state index in [-0.39, 0.29) is 11.7 Å². The third kappa shape index (κ3) is 4.06. The molecule has 1 fully saturated rings. The van der Waals surface area contributed by atoms with Crippen LogP contribution in [0.1, 0.15) is 21.8 Å². The summed E-state index contributed by atoms with van der Waals surface area (Å²) >= 11 is 0. The van der Waals surface area contributed by atoms with Crippen molar-refractivity contribution >= 4 is 5.78 Å². The monoisotopic (exact) mass is 308 g/mol. The second-order valence-electron chi connectivity index (χ2n) is 6.30. The number of Topliss-reactive ketones (excluding diaryl/α,β-unsaturated/α-hetero) is 1. The first kappa shape index (κ1) is 15.9. The highest BCUT2D eigenvalue weighted by molar-refractivity contribution is 6.01. The molecule has 3 heteroatoms. The summed E-state index contributed by atoms with van der Waals surface area (Å²) in [6, 6.07) is 19.8. The molecule has 0 aliphatic carbocycles. The van der Waals surface area contributed by atoms with Crippen LogP contribution in [0.25, 0.3) is 0 Å². The molecule has 0 bridgehead atoms. The van der Waals surface area contributed by atoms with E-state index in [1.807, 2.05) is 48.5 Å². The SMILES string of the molecule is CN1CCN(C[C@@H](C(=O)c2ccccc2)c2ccccc2)CC1. The Bertz CT molecular complexity index is 619. The van der Waals surface area contributed by atoms with Crippen LogP contribution < -0.4 is 0 Å². The standard InChI is InChI=1S/C20H24N2O/c1-21-12-14-22(15-13-21)16-19(17-8-4-2-5-9-17)20(23)18-10-6-3-7-11-18/h2-11,19H,12-16H2,1H3/t19-/m1/s1. The highest BCUT2D eigenvalue weighted by Crippen LogP contribution is 2.23. The number of likely N-dealkylation sites (N-methyl/N-ethyl adjacent to an activating group) is 1. The van der Waals surface area contributed by atoms with Crippen molar-refractivity contribution in [2.45, 2.75) is 5.92 Å². The largest absolute Gasteiger partial charge is 0.304 e. The molecule has 1 atom stereocenters. The van der Waals surface area contributed by atoms with Gasteiger partial charge in [-0.15, -0.1) is 0 Å². The molecule has 2 aromatic carbocycles. The summed E-state index contributed by atoms with van der Waals surface area (Å²) < 4.78 is 0. The molecule has 2 aromatic rings. The molecule has 0 amide bonds. The molecule has 3 rings (SSSR count). The van der Waals surface area contributed by atoms with Crippen molar-refractivity contribution in [1.29, 1.82) is 0 Å². The maximum absolute atomic E-state index is 13.0. The first-order chi connectivity index (χ1) is 11.2. The molecule has 0 aromatic heterocycles. The van der Waals surface area contributed by atoms with E-state index in [0.29, 0.717) is 0 Å². The molecule has 1 aliphatic rings. The minimum Gasteiger partial charge on any atom is -0.304 e. The molecule has 0 N–H and O–H groups in total. The lowest BCUT2D eigenvalue weighted by Gasteiger charge is -2.34. The van der Waals surface area contributed by atoms with E-state index >= 15 is 0 Å². The molecule has 0 spiro atoms. The summed E-state index contributed by atoms with van der Waals surface area (Å²) in [6.07, 6.45) is 0. The highest BCUT2D eigenvalue weighted by Gasteiger charge is 2.25. The Balaban J connectivity index is 1.81. The van der Waals surface area contributed by atoms with Gasteiger partial charge in [0.25, 0.3) is 0 Å². The van der Waals surface area contributed by atoms with Crippen molar-refractivity contribution < 1.29 is 4.79 Å². The van der Waals surface area contributed by atoms with Crippen molar-refractivity contribution in [3.8, 4) is 0 Å². The number of hydrogen-bond acceptors (Lipinski definition) is 3. The molecule has 0 saturated carbocycles. The van der Waals surface area contributed by atoms with Crippen molar-refractivity contribution in [3.63, 3.8) is 0 Å². The Morgan fingerprint density at radius 1 is 0.913 bits per heavy atom. The third-order valence-electron chi connectivity index (χ3n) is 4.61. The fraction of sp³-hybridized carbons (Fsp3) is 0.350. The van der Waals surface area contributed by atoms with Crippen molar-refractivity contribution in [3.05, 3.63) is 71.8 Å². The molecule has 1 saturated heterocycles. The topological polar surface area (TPSA) is 23.6 Å². The Morgan fingerprint density at radius 3 is 2.09 bits per heavy atom. The van der Waals surface area contributed by atoms with Gasteiger partial charge in [-0.2, -0.15) is 0 Å². The summed E-state index contributed by atoms with van der Waals surface area (Å²) in [5.74, 6) is 0.123. The fourth-order valence-corrected chi connectivity index (χ4v) is 3.12. The third-order valence-corrected chi connectivity index (χ3v) is 4.61. The number of ketones is 1. The lowest BCUT2D eigenvalue weighted by Crippen LogP contribution is -2.46. The van der Waals surface area contributed by atoms with E-state index in [2.05, 4.69) is 29.0 Å². The predicted molar refractivity (Wildman–Crippen MR) is 93.9 cm³/mol. The maximum Gasteiger partial charge on any atom is 0.171 e. The number of benzene rings is 2. The van der Waals surface area contributed by atoms with Crippen LogP contribution >= 0.6 is 0 Å². The number of rotatable bonds is 5. The first-order valence-corrected chi connectivity index (χ1v) is 8.29. The average Bonchev–Trinajstić information content (AvgIpc) is 2.62. The quantitative estimate of drug-likeness (QED) is 0.794. The van der Waals surface area contributed by atoms with Gasteiger partial charge in [-0.3, -0.25) is 9.69 Å². The summed E-state index contributed by atoms with van der Waals surface area (Å²) in [5.41, 5.74) is 1.91. The van der Waals surface area contributed by atoms with Gasteiger partial charge in [-0.05, 0) is 12.6 Å². The van der Waals surface area contributed by atoms with E-state index in [1.54, 1.807) is 0 Å². The van der Waals surface area contributed by atoms with Crippen LogP contribution in [0.15, 0.2) is 60.7 Å². The van der Waals surface area contributed by atoms with Crippen LogP contribution in [0.5, 0.6) is 0 Å². The van der Waals surface area contributed by atoms with E-state index in [0.717, 1.165) is 43.9 Å². The Morgan fingerprint density at radius 2 is 1.48 bits per heavy atom. The smallest absolute Gasteiger partial charge is 0.171 e. The zero-order valence-corrected chi connectivity index (χ0v) is 13.7. The van der Waals surface area contributed by atoms with Gasteiger partial charge in [0.05, 0.1) is 5.92 Å². The van der Waals surface area contributed by atoms with Gasteiger partial charge >= 0.3 is 0 Å². The Hall–Kier alpha value is -1.97. The molecule has 3 nitrogen and oxygen atoms in total. The fourth-order valence-electron chi connectivity index (χ4n) is 3.12. The normalized spacial score (nSPS) is 17.8. The second-order valence-corrected chi connectivity index (χ2v) is 6.30. The van der Waals surface area contributed by atoms with Gasteiger partial charge in [-0.25, -0.2) is 0 Å². The molecule has 1 heterocycles. The molecule has 0 unspecified atom stereocenters. The van der Waals surface area contributed by atoms with Crippen molar-refractivity contribution in [2.75, 3.05) is 39.8 Å². The summed E-state index contributed by atoms with van der Waals surface area (Å²) in [6.45, 7) is 5.00. The number of carbonyl (C=O) groups excluding carboxylic acids is 1. The van der Waals surface area contributed by atoms with Crippen LogP contribution in [0, 0.1) is 0 Å². The minimum atomic E-state index is -0.0954. The van der Waals surface area contributed by atoms with Crippen LogP contribution in [-0.2, 0) is 0 Å². The number of carbonyl (C=O) groups is 1. The van der Waals surface area contributed by atoms with E-state index in [9.17, 15) is 4.79 Å². The molecule has 23 heavy (non-hydrogen) atoms. The predicted octanol–water partition coefficient (Wildman–Crippen LogP) is 2.90. The van der Waals surface area contributed by atoms with Gasteiger partial charge in [0.15, 0.2) is 5.78 Å². The summed E-state index contributed by atoms with van der Waals surface area (Å²) in [7, 11) is 2.15. The minimum absolute atomic E-state index is 0.0954. The lowest BCUT2D eigenvalue weighted by atomic mass is 9.90. The van der Waals surface area contributed by atoms with Crippen molar-refractivity contribution in [1.82, 2.24) is 9.80 Å². The van der Waals surface area contributed by atoms with E-state index < -0.39 is 0 Å². The highest BCUT2D eigenvalue weighted by atomic mass is 16.1. The van der Waals surface area contributed by atoms with Gasteiger partial charge in [0, 0.05) is 38.3 Å². The summed E-state index contributed by atoms with van der Waals surface area (Å²) in [5, 5.41) is 0. The van der Waals surface area contributed by atoms with Crippen LogP contribution in [-0.4, -0.2) is 55.4 Å². The summed E-state index contributed by atoms with van der Waals surface area (Å²) in [4.78, 5) is 17.8. The van der Waals surface area contributed by atoms with Crippen LogP contribution in [0.3, 0.4) is 0 Å². The zero-order chi connectivity index (χ0) is 16.1. The number of hydrogen-bond donors (Lipinski definition) is 0. The molecule has 120 valence electrons. The number of nitrogens with zero attached hydrogens (tertiary/aromatic N) is 2. The molecular weight excluding hydrogens is 284 g/mol. The average molecular weight is 308 g/mol. The zero-order valence-electron chi connectivity index (χ0n) is 13.7. The van der Waals surface area contributed by atoms with Gasteiger partial charge in [-0.1, -0.05) is 60.7 Å². The lowest BCUT2D eigenvalue weighted by molar-refractivity contribution is 0.0903. The van der Waals surface area contributed by atoms with Crippen LogP contribution in [0.2, 0.25) is 0 Å². The number of piperazine rings is 1.